The van der Waals surface area contributed by atoms with Crippen LogP contribution in [0.25, 0.3) is 11.3 Å². The lowest BCUT2D eigenvalue weighted by atomic mass is 10.0. The Morgan fingerprint density at radius 2 is 2.09 bits per heavy atom. The molecule has 0 saturated carbocycles. The Labute approximate surface area is 137 Å². The molecule has 2 rings (SSSR count). The van der Waals surface area contributed by atoms with Crippen LogP contribution in [0.2, 0.25) is 5.02 Å². The quantitative estimate of drug-likeness (QED) is 0.734. The zero-order valence-corrected chi connectivity index (χ0v) is 13.3. The van der Waals surface area contributed by atoms with Gasteiger partial charge in [-0.25, -0.2) is 8.78 Å². The minimum absolute atomic E-state index is 0.0852. The molecule has 1 aromatic heterocycles. The van der Waals surface area contributed by atoms with Crippen LogP contribution in [0, 0.1) is 6.92 Å². The van der Waals surface area contributed by atoms with E-state index in [-0.39, 0.29) is 5.02 Å². The Bertz CT molecular complexity index is 772. The largest absolute Gasteiger partial charge is 0.490 e. The molecular weight excluding hydrogens is 324 g/mol. The second kappa shape index (κ2) is 7.42. The van der Waals surface area contributed by atoms with Gasteiger partial charge in [0.2, 0.25) is 0 Å². The molecular formula is C17H16ClF2NO2. The van der Waals surface area contributed by atoms with Crippen LogP contribution in [0.5, 0.6) is 5.75 Å². The number of rotatable bonds is 6. The Morgan fingerprint density at radius 1 is 1.35 bits per heavy atom. The Kier molecular flexibility index (Phi) is 5.55. The van der Waals surface area contributed by atoms with Crippen LogP contribution in [0.4, 0.5) is 8.78 Å². The summed E-state index contributed by atoms with van der Waals surface area (Å²) in [5, 5.41) is -0.0852. The third-order valence-electron chi connectivity index (χ3n) is 3.29. The molecule has 0 bridgehead atoms. The molecule has 0 fully saturated rings. The van der Waals surface area contributed by atoms with Gasteiger partial charge in [-0.2, -0.15) is 0 Å². The van der Waals surface area contributed by atoms with E-state index in [0.29, 0.717) is 23.6 Å². The van der Waals surface area contributed by atoms with E-state index in [2.05, 4.69) is 6.58 Å². The predicted octanol–water partition coefficient (Wildman–Crippen LogP) is 4.31. The highest BCUT2D eigenvalue weighted by molar-refractivity contribution is 6.30. The van der Waals surface area contributed by atoms with Gasteiger partial charge in [0, 0.05) is 5.56 Å². The number of benzene rings is 1. The molecule has 0 aliphatic rings. The highest BCUT2D eigenvalue weighted by atomic mass is 35.5. The van der Waals surface area contributed by atoms with Crippen molar-refractivity contribution >= 4 is 11.6 Å². The van der Waals surface area contributed by atoms with Crippen LogP contribution in [-0.2, 0) is 6.54 Å². The number of pyridine rings is 1. The van der Waals surface area contributed by atoms with E-state index in [1.807, 2.05) is 6.92 Å². The van der Waals surface area contributed by atoms with E-state index >= 15 is 0 Å². The maximum atomic E-state index is 12.8. The van der Waals surface area contributed by atoms with Gasteiger partial charge in [0.25, 0.3) is 12.0 Å². The average molecular weight is 340 g/mol. The number of aromatic nitrogens is 1. The van der Waals surface area contributed by atoms with Crippen molar-refractivity contribution in [3.8, 4) is 17.0 Å². The van der Waals surface area contributed by atoms with Crippen molar-refractivity contribution in [3.05, 3.63) is 63.9 Å². The van der Waals surface area contributed by atoms with Crippen molar-refractivity contribution in [2.24, 2.45) is 0 Å². The summed E-state index contributed by atoms with van der Waals surface area (Å²) in [5.41, 5.74) is 1.24. The molecule has 0 aliphatic heterocycles. The summed E-state index contributed by atoms with van der Waals surface area (Å²) < 4.78 is 32.0. The van der Waals surface area contributed by atoms with Gasteiger partial charge < -0.3 is 9.30 Å². The highest BCUT2D eigenvalue weighted by Gasteiger charge is 2.15. The van der Waals surface area contributed by atoms with Gasteiger partial charge in [0.05, 0.1) is 12.2 Å². The van der Waals surface area contributed by atoms with E-state index in [1.165, 1.54) is 6.07 Å². The molecule has 0 radical (unpaired) electrons. The molecule has 6 heteroatoms. The molecule has 1 aromatic carbocycles. The molecule has 3 nitrogen and oxygen atoms in total. The number of halogens is 3. The number of hydrogen-bond donors (Lipinski definition) is 0. The number of aryl methyl sites for hydroxylation is 1. The van der Waals surface area contributed by atoms with Gasteiger partial charge in [-0.15, -0.1) is 0 Å². The molecule has 0 N–H and O–H groups in total. The first kappa shape index (κ1) is 17.2. The third-order valence-corrected chi connectivity index (χ3v) is 3.58. The number of ether oxygens (including phenoxy) is 1. The molecule has 2 aromatic rings. The van der Waals surface area contributed by atoms with Crippen LogP contribution >= 0.6 is 11.6 Å². The smallest absolute Gasteiger partial charge is 0.269 e. The monoisotopic (exact) mass is 339 g/mol. The summed E-state index contributed by atoms with van der Waals surface area (Å²) in [7, 11) is 0. The van der Waals surface area contributed by atoms with Crippen LogP contribution < -0.4 is 10.3 Å². The molecule has 23 heavy (non-hydrogen) atoms. The zero-order chi connectivity index (χ0) is 17.0. The summed E-state index contributed by atoms with van der Waals surface area (Å²) in [6, 6.07) is 8.22. The van der Waals surface area contributed by atoms with Gasteiger partial charge >= 0.3 is 0 Å². The van der Waals surface area contributed by atoms with Gasteiger partial charge in [-0.05, 0) is 42.8 Å². The second-order valence-electron chi connectivity index (χ2n) is 4.95. The van der Waals surface area contributed by atoms with E-state index in [1.54, 1.807) is 30.3 Å². The summed E-state index contributed by atoms with van der Waals surface area (Å²) >= 11 is 5.77. The lowest BCUT2D eigenvalue weighted by Crippen LogP contribution is -2.25. The normalized spacial score (nSPS) is 10.8. The lowest BCUT2D eigenvalue weighted by Gasteiger charge is -2.15. The molecule has 0 unspecified atom stereocenters. The second-order valence-corrected chi connectivity index (χ2v) is 5.36. The summed E-state index contributed by atoms with van der Waals surface area (Å²) in [4.78, 5) is 12.1. The SMILES string of the molecule is C=CCOc1ccc(-c2ccc(Cl)c(=O)n2CC(F)F)c(C)c1. The minimum atomic E-state index is -2.65. The Morgan fingerprint density at radius 3 is 2.70 bits per heavy atom. The van der Waals surface area contributed by atoms with E-state index in [0.717, 1.165) is 10.1 Å². The number of hydrogen-bond acceptors (Lipinski definition) is 2. The lowest BCUT2D eigenvalue weighted by molar-refractivity contribution is 0.126. The summed E-state index contributed by atoms with van der Waals surface area (Å²) in [6.45, 7) is 5.06. The summed E-state index contributed by atoms with van der Waals surface area (Å²) in [5.74, 6) is 0.642. The van der Waals surface area contributed by atoms with Crippen LogP contribution in [0.1, 0.15) is 5.56 Å². The van der Waals surface area contributed by atoms with Crippen molar-refractivity contribution in [1.29, 1.82) is 0 Å². The van der Waals surface area contributed by atoms with Gasteiger partial charge in [0.15, 0.2) is 0 Å². The first-order valence-electron chi connectivity index (χ1n) is 6.96. The number of alkyl halides is 2. The van der Waals surface area contributed by atoms with Gasteiger partial charge in [-0.3, -0.25) is 4.79 Å². The molecule has 0 saturated heterocycles. The molecule has 0 spiro atoms. The van der Waals surface area contributed by atoms with E-state index < -0.39 is 18.5 Å². The molecule has 0 aliphatic carbocycles. The van der Waals surface area contributed by atoms with Gasteiger partial charge in [0.1, 0.15) is 17.4 Å². The van der Waals surface area contributed by atoms with E-state index in [9.17, 15) is 13.6 Å². The van der Waals surface area contributed by atoms with Crippen molar-refractivity contribution < 1.29 is 13.5 Å². The topological polar surface area (TPSA) is 31.2 Å². The highest BCUT2D eigenvalue weighted by Crippen LogP contribution is 2.27. The van der Waals surface area contributed by atoms with Crippen molar-refractivity contribution in [2.75, 3.05) is 6.61 Å². The summed E-state index contributed by atoms with van der Waals surface area (Å²) in [6.07, 6.45) is -1.02. The van der Waals surface area contributed by atoms with Crippen LogP contribution in [0.3, 0.4) is 0 Å². The maximum Gasteiger partial charge on any atom is 0.269 e. The molecule has 1 heterocycles. The first-order valence-corrected chi connectivity index (χ1v) is 7.34. The van der Waals surface area contributed by atoms with Crippen molar-refractivity contribution in [1.82, 2.24) is 4.57 Å². The van der Waals surface area contributed by atoms with Crippen molar-refractivity contribution in [2.45, 2.75) is 19.9 Å². The van der Waals surface area contributed by atoms with E-state index in [4.69, 9.17) is 16.3 Å². The standard InChI is InChI=1S/C17H16ClF2NO2/c1-3-8-23-12-4-5-13(11(2)9-12)15-7-6-14(18)17(22)21(15)10-16(19)20/h3-7,9,16H,1,8,10H2,2H3. The minimum Gasteiger partial charge on any atom is -0.490 e. The fraction of sp³-hybridized carbons (Fsp3) is 0.235. The average Bonchev–Trinajstić information content (AvgIpc) is 2.50. The third kappa shape index (κ3) is 3.99. The first-order chi connectivity index (χ1) is 10.9. The zero-order valence-electron chi connectivity index (χ0n) is 12.6. The predicted molar refractivity (Wildman–Crippen MR) is 87.6 cm³/mol. The van der Waals surface area contributed by atoms with Gasteiger partial charge in [-0.1, -0.05) is 24.3 Å². The maximum absolute atomic E-state index is 12.8. The Hall–Kier alpha value is -2.14. The number of nitrogens with zero attached hydrogens (tertiary/aromatic N) is 1. The molecule has 122 valence electrons. The fourth-order valence-corrected chi connectivity index (χ4v) is 2.44. The van der Waals surface area contributed by atoms with Crippen LogP contribution in [-0.4, -0.2) is 17.6 Å². The van der Waals surface area contributed by atoms with Crippen molar-refractivity contribution in [3.63, 3.8) is 0 Å². The molecule has 0 amide bonds. The molecule has 0 atom stereocenters. The Balaban J connectivity index is 2.51. The van der Waals surface area contributed by atoms with Crippen LogP contribution in [0.15, 0.2) is 47.8 Å². The fourth-order valence-electron chi connectivity index (χ4n) is 2.27.